The average molecular weight is 310 g/mol. The molecule has 2 amide bonds. The van der Waals surface area contributed by atoms with Gasteiger partial charge in [-0.05, 0) is 37.5 Å². The predicted octanol–water partition coefficient (Wildman–Crippen LogP) is 1.92. The number of nitrogens with one attached hydrogen (secondary N) is 1. The van der Waals surface area contributed by atoms with E-state index in [9.17, 15) is 9.59 Å². The summed E-state index contributed by atoms with van der Waals surface area (Å²) in [7, 11) is 0. The zero-order valence-electron chi connectivity index (χ0n) is 12.4. The van der Waals surface area contributed by atoms with Gasteiger partial charge in [-0.3, -0.25) is 9.59 Å². The Morgan fingerprint density at radius 2 is 2.24 bits per heavy atom. The number of aromatic nitrogens is 1. The van der Waals surface area contributed by atoms with E-state index in [1.807, 2.05) is 13.0 Å². The van der Waals surface area contributed by atoms with Crippen molar-refractivity contribution in [3.05, 3.63) is 28.5 Å². The minimum absolute atomic E-state index is 0.0274. The van der Waals surface area contributed by atoms with Gasteiger partial charge in [-0.2, -0.15) is 0 Å². The highest BCUT2D eigenvalue weighted by atomic mass is 35.5. The molecular weight excluding hydrogens is 290 g/mol. The second-order valence-electron chi connectivity index (χ2n) is 5.48. The first-order valence-electron chi connectivity index (χ1n) is 7.12. The van der Waals surface area contributed by atoms with Crippen LogP contribution in [-0.4, -0.2) is 34.8 Å². The lowest BCUT2D eigenvalue weighted by Crippen LogP contribution is -2.44. The predicted molar refractivity (Wildman–Crippen MR) is 80.8 cm³/mol. The lowest BCUT2D eigenvalue weighted by Gasteiger charge is -2.31. The summed E-state index contributed by atoms with van der Waals surface area (Å²) in [6.07, 6.45) is 1.68. The molecule has 0 unspecified atom stereocenters. The molecule has 0 bridgehead atoms. The molecule has 1 aliphatic rings. The summed E-state index contributed by atoms with van der Waals surface area (Å²) in [5, 5.41) is 3.31. The molecule has 0 radical (unpaired) electrons. The molecule has 2 heterocycles. The minimum atomic E-state index is -0.136. The number of rotatable bonds is 3. The van der Waals surface area contributed by atoms with Crippen LogP contribution in [0.4, 0.5) is 0 Å². The fourth-order valence-corrected chi connectivity index (χ4v) is 2.86. The van der Waals surface area contributed by atoms with Crippen LogP contribution in [0.5, 0.6) is 0 Å². The molecule has 1 N–H and O–H groups in total. The maximum atomic E-state index is 12.2. The Morgan fingerprint density at radius 3 is 2.90 bits per heavy atom. The van der Waals surface area contributed by atoms with Crippen LogP contribution in [-0.2, 0) is 16.1 Å². The maximum absolute atomic E-state index is 12.2. The molecular formula is C15H20ClN3O2. The third-order valence-electron chi connectivity index (χ3n) is 3.67. The number of hydrogen-bond donors (Lipinski definition) is 1. The number of halogens is 1. The Hall–Kier alpha value is -1.62. The van der Waals surface area contributed by atoms with Gasteiger partial charge in [0, 0.05) is 20.0 Å². The zero-order valence-corrected chi connectivity index (χ0v) is 13.1. The number of carbonyl (C=O) groups excluding carboxylic acids is 2. The molecule has 1 aliphatic heterocycles. The quantitative estimate of drug-likeness (QED) is 0.868. The number of piperidine rings is 1. The Kier molecular flexibility index (Phi) is 5.17. The van der Waals surface area contributed by atoms with Gasteiger partial charge in [0.1, 0.15) is 5.15 Å². The lowest BCUT2D eigenvalue weighted by atomic mass is 9.97. The maximum Gasteiger partial charge on any atom is 0.225 e. The van der Waals surface area contributed by atoms with Gasteiger partial charge in [0.25, 0.3) is 0 Å². The molecule has 21 heavy (non-hydrogen) atoms. The van der Waals surface area contributed by atoms with Gasteiger partial charge >= 0.3 is 0 Å². The minimum Gasteiger partial charge on any atom is -0.350 e. The van der Waals surface area contributed by atoms with Gasteiger partial charge < -0.3 is 10.2 Å². The van der Waals surface area contributed by atoms with Crippen molar-refractivity contribution in [2.45, 2.75) is 33.2 Å². The van der Waals surface area contributed by atoms with Gasteiger partial charge in [-0.15, -0.1) is 0 Å². The van der Waals surface area contributed by atoms with Crippen LogP contribution in [0, 0.1) is 12.8 Å². The molecule has 1 aromatic rings. The van der Waals surface area contributed by atoms with Crippen molar-refractivity contribution < 1.29 is 9.59 Å². The number of carbonyl (C=O) groups is 2. The first kappa shape index (κ1) is 15.8. The number of aryl methyl sites for hydroxylation is 1. The second kappa shape index (κ2) is 6.89. The first-order valence-corrected chi connectivity index (χ1v) is 7.50. The zero-order chi connectivity index (χ0) is 15.4. The monoisotopic (exact) mass is 309 g/mol. The van der Waals surface area contributed by atoms with Crippen molar-refractivity contribution in [2.75, 3.05) is 13.1 Å². The molecule has 1 fully saturated rings. The van der Waals surface area contributed by atoms with E-state index in [-0.39, 0.29) is 17.7 Å². The Morgan fingerprint density at radius 1 is 1.48 bits per heavy atom. The highest BCUT2D eigenvalue weighted by Gasteiger charge is 2.26. The fourth-order valence-electron chi connectivity index (χ4n) is 2.58. The molecule has 5 nitrogen and oxygen atoms in total. The van der Waals surface area contributed by atoms with Crippen molar-refractivity contribution in [3.63, 3.8) is 0 Å². The molecule has 2 rings (SSSR count). The average Bonchev–Trinajstić information content (AvgIpc) is 2.44. The summed E-state index contributed by atoms with van der Waals surface area (Å²) in [5.74, 6) is -0.136. The van der Waals surface area contributed by atoms with Crippen molar-refractivity contribution in [1.82, 2.24) is 15.2 Å². The van der Waals surface area contributed by atoms with E-state index in [2.05, 4.69) is 10.3 Å². The Bertz CT molecular complexity index is 527. The van der Waals surface area contributed by atoms with Gasteiger partial charge in [-0.1, -0.05) is 11.6 Å². The van der Waals surface area contributed by atoms with E-state index < -0.39 is 0 Å². The largest absolute Gasteiger partial charge is 0.350 e. The van der Waals surface area contributed by atoms with Crippen LogP contribution < -0.4 is 5.32 Å². The summed E-state index contributed by atoms with van der Waals surface area (Å²) in [5.41, 5.74) is 1.76. The van der Waals surface area contributed by atoms with Gasteiger partial charge in [-0.25, -0.2) is 4.98 Å². The molecule has 0 aromatic carbocycles. The van der Waals surface area contributed by atoms with Gasteiger partial charge in [0.05, 0.1) is 18.2 Å². The molecule has 0 saturated carbocycles. The molecule has 1 aromatic heterocycles. The van der Waals surface area contributed by atoms with Crippen LogP contribution in [0.3, 0.4) is 0 Å². The summed E-state index contributed by atoms with van der Waals surface area (Å²) in [4.78, 5) is 29.5. The Balaban J connectivity index is 1.90. The summed E-state index contributed by atoms with van der Waals surface area (Å²) < 4.78 is 0. The molecule has 114 valence electrons. The topological polar surface area (TPSA) is 62.3 Å². The first-order chi connectivity index (χ1) is 9.95. The standard InChI is InChI=1S/C15H20ClN3O2/c1-10-6-13(18-14(16)7-10)8-17-15(21)12-4-3-5-19(9-12)11(2)20/h6-7,12H,3-5,8-9H2,1-2H3,(H,17,21)/t12-/m1/s1. The molecule has 1 atom stereocenters. The van der Waals surface area contributed by atoms with Crippen LogP contribution in [0.1, 0.15) is 31.0 Å². The summed E-state index contributed by atoms with van der Waals surface area (Å²) in [6.45, 7) is 5.08. The van der Waals surface area contributed by atoms with E-state index in [1.54, 1.807) is 17.9 Å². The van der Waals surface area contributed by atoms with E-state index in [0.29, 0.717) is 18.2 Å². The van der Waals surface area contributed by atoms with Crippen LogP contribution in [0.2, 0.25) is 5.15 Å². The van der Waals surface area contributed by atoms with E-state index in [1.165, 1.54) is 0 Å². The van der Waals surface area contributed by atoms with Crippen molar-refractivity contribution in [2.24, 2.45) is 5.92 Å². The second-order valence-corrected chi connectivity index (χ2v) is 5.87. The number of amides is 2. The number of nitrogens with zero attached hydrogens (tertiary/aromatic N) is 2. The highest BCUT2D eigenvalue weighted by molar-refractivity contribution is 6.29. The van der Waals surface area contributed by atoms with Crippen molar-refractivity contribution in [1.29, 1.82) is 0 Å². The Labute approximate surface area is 129 Å². The molecule has 6 heteroatoms. The van der Waals surface area contributed by atoms with Crippen LogP contribution in [0.15, 0.2) is 12.1 Å². The van der Waals surface area contributed by atoms with E-state index in [4.69, 9.17) is 11.6 Å². The smallest absolute Gasteiger partial charge is 0.225 e. The SMILES string of the molecule is CC(=O)N1CCC[C@@H](C(=O)NCc2cc(C)cc(Cl)n2)C1. The van der Waals surface area contributed by atoms with Gasteiger partial charge in [0.15, 0.2) is 0 Å². The molecule has 0 spiro atoms. The van der Waals surface area contributed by atoms with Crippen LogP contribution in [0.25, 0.3) is 0 Å². The van der Waals surface area contributed by atoms with E-state index in [0.717, 1.165) is 30.6 Å². The van der Waals surface area contributed by atoms with Crippen LogP contribution >= 0.6 is 11.6 Å². The third kappa shape index (κ3) is 4.43. The number of likely N-dealkylation sites (tertiary alicyclic amines) is 1. The summed E-state index contributed by atoms with van der Waals surface area (Å²) >= 11 is 5.90. The fraction of sp³-hybridized carbons (Fsp3) is 0.533. The lowest BCUT2D eigenvalue weighted by molar-refractivity contribution is -0.134. The van der Waals surface area contributed by atoms with Gasteiger partial charge in [0.2, 0.25) is 11.8 Å². The van der Waals surface area contributed by atoms with Crippen molar-refractivity contribution >= 4 is 23.4 Å². The highest BCUT2D eigenvalue weighted by Crippen LogP contribution is 2.17. The summed E-state index contributed by atoms with van der Waals surface area (Å²) in [6, 6.07) is 3.67. The normalized spacial score (nSPS) is 18.4. The number of pyridine rings is 1. The van der Waals surface area contributed by atoms with E-state index >= 15 is 0 Å². The molecule has 1 saturated heterocycles. The molecule has 0 aliphatic carbocycles. The number of hydrogen-bond acceptors (Lipinski definition) is 3. The van der Waals surface area contributed by atoms with Crippen molar-refractivity contribution in [3.8, 4) is 0 Å². The third-order valence-corrected chi connectivity index (χ3v) is 3.87.